The van der Waals surface area contributed by atoms with E-state index in [4.69, 9.17) is 0 Å². The first kappa shape index (κ1) is 16.8. The molecule has 1 aromatic heterocycles. The molecular formula is C17H13N5O4. The number of aromatic amines is 1. The number of amides is 1. The van der Waals surface area contributed by atoms with Crippen molar-refractivity contribution in [1.82, 2.24) is 15.6 Å². The van der Waals surface area contributed by atoms with Gasteiger partial charge < -0.3 is 5.11 Å². The van der Waals surface area contributed by atoms with E-state index in [1.807, 2.05) is 0 Å². The molecule has 0 atom stereocenters. The maximum absolute atomic E-state index is 12.1. The molecule has 1 amide bonds. The van der Waals surface area contributed by atoms with Crippen molar-refractivity contribution >= 4 is 17.8 Å². The topological polar surface area (TPSA) is 134 Å². The van der Waals surface area contributed by atoms with E-state index in [9.17, 15) is 20.0 Å². The number of carbonyl (C=O) groups is 1. The molecule has 0 unspecified atom stereocenters. The van der Waals surface area contributed by atoms with Crippen LogP contribution in [-0.2, 0) is 0 Å². The average molecular weight is 351 g/mol. The number of hydrazone groups is 1. The smallest absolute Gasteiger partial charge is 0.289 e. The summed E-state index contributed by atoms with van der Waals surface area (Å²) in [4.78, 5) is 22.4. The van der Waals surface area contributed by atoms with Crippen LogP contribution >= 0.6 is 0 Å². The lowest BCUT2D eigenvalue weighted by Gasteiger charge is -1.98. The van der Waals surface area contributed by atoms with Crippen LogP contribution in [0.3, 0.4) is 0 Å². The van der Waals surface area contributed by atoms with E-state index in [-0.39, 0.29) is 17.1 Å². The molecule has 0 aliphatic carbocycles. The first-order chi connectivity index (χ1) is 12.5. The lowest BCUT2D eigenvalue weighted by atomic mass is 10.1. The molecule has 0 fully saturated rings. The van der Waals surface area contributed by atoms with Gasteiger partial charge in [0, 0.05) is 23.3 Å². The van der Waals surface area contributed by atoms with Crippen LogP contribution in [0.5, 0.6) is 5.75 Å². The molecule has 3 rings (SSSR count). The van der Waals surface area contributed by atoms with Gasteiger partial charge in [-0.15, -0.1) is 0 Å². The molecule has 2 aromatic carbocycles. The number of aromatic nitrogens is 2. The van der Waals surface area contributed by atoms with Gasteiger partial charge in [0.2, 0.25) is 0 Å². The highest BCUT2D eigenvalue weighted by atomic mass is 16.6. The Morgan fingerprint density at radius 2 is 2.04 bits per heavy atom. The highest BCUT2D eigenvalue weighted by Crippen LogP contribution is 2.22. The van der Waals surface area contributed by atoms with Crippen molar-refractivity contribution < 1.29 is 14.8 Å². The molecule has 0 bridgehead atoms. The van der Waals surface area contributed by atoms with Gasteiger partial charge in [0.15, 0.2) is 0 Å². The van der Waals surface area contributed by atoms with E-state index < -0.39 is 10.8 Å². The van der Waals surface area contributed by atoms with Crippen LogP contribution in [0.15, 0.2) is 59.7 Å². The minimum atomic E-state index is -0.541. The molecule has 3 N–H and O–H groups in total. The van der Waals surface area contributed by atoms with Gasteiger partial charge in [-0.3, -0.25) is 20.0 Å². The SMILES string of the molecule is O=C(N/N=C/c1ccccc1O)c1cc(-c2cccc([N+](=O)[O-])c2)n[nH]1. The summed E-state index contributed by atoms with van der Waals surface area (Å²) in [5.41, 5.74) is 3.74. The second-order valence-electron chi connectivity index (χ2n) is 5.23. The van der Waals surface area contributed by atoms with Gasteiger partial charge in [0.05, 0.1) is 16.8 Å². The number of nitro groups is 1. The van der Waals surface area contributed by atoms with Crippen LogP contribution in [0, 0.1) is 10.1 Å². The summed E-state index contributed by atoms with van der Waals surface area (Å²) < 4.78 is 0. The summed E-state index contributed by atoms with van der Waals surface area (Å²) in [6, 6.07) is 13.9. The molecule has 0 saturated carbocycles. The summed E-state index contributed by atoms with van der Waals surface area (Å²) in [6.07, 6.45) is 1.31. The largest absolute Gasteiger partial charge is 0.507 e. The second-order valence-corrected chi connectivity index (χ2v) is 5.23. The van der Waals surface area contributed by atoms with Gasteiger partial charge in [-0.05, 0) is 18.2 Å². The first-order valence-corrected chi connectivity index (χ1v) is 7.46. The number of nitrogens with one attached hydrogen (secondary N) is 2. The summed E-state index contributed by atoms with van der Waals surface area (Å²) >= 11 is 0. The van der Waals surface area contributed by atoms with Crippen molar-refractivity contribution in [2.75, 3.05) is 0 Å². The Morgan fingerprint density at radius 3 is 2.81 bits per heavy atom. The normalized spacial score (nSPS) is 10.8. The van der Waals surface area contributed by atoms with Gasteiger partial charge >= 0.3 is 0 Å². The number of phenols is 1. The van der Waals surface area contributed by atoms with Crippen LogP contribution in [0.4, 0.5) is 5.69 Å². The second kappa shape index (κ2) is 7.26. The van der Waals surface area contributed by atoms with Crippen LogP contribution in [0.1, 0.15) is 16.1 Å². The van der Waals surface area contributed by atoms with Crippen molar-refractivity contribution in [1.29, 1.82) is 0 Å². The van der Waals surface area contributed by atoms with E-state index in [2.05, 4.69) is 20.7 Å². The number of hydrogen-bond donors (Lipinski definition) is 3. The molecule has 3 aromatic rings. The zero-order chi connectivity index (χ0) is 18.5. The number of rotatable bonds is 5. The fraction of sp³-hybridized carbons (Fsp3) is 0. The Balaban J connectivity index is 1.71. The number of benzene rings is 2. The molecule has 130 valence electrons. The zero-order valence-corrected chi connectivity index (χ0v) is 13.3. The molecule has 9 heteroatoms. The number of H-pyrrole nitrogens is 1. The minimum Gasteiger partial charge on any atom is -0.507 e. The Bertz CT molecular complexity index is 996. The Labute approximate surface area is 147 Å². The molecule has 0 radical (unpaired) electrons. The molecule has 0 aliphatic heterocycles. The third-order valence-electron chi connectivity index (χ3n) is 3.48. The highest BCUT2D eigenvalue weighted by Gasteiger charge is 2.13. The summed E-state index contributed by atoms with van der Waals surface area (Å²) in [7, 11) is 0. The van der Waals surface area contributed by atoms with Crippen molar-refractivity contribution in [3.63, 3.8) is 0 Å². The number of non-ortho nitro benzene ring substituents is 1. The quantitative estimate of drug-likeness (QED) is 0.369. The third kappa shape index (κ3) is 3.73. The maximum atomic E-state index is 12.1. The number of nitro benzene ring substituents is 1. The predicted octanol–water partition coefficient (Wildman–Crippen LogP) is 2.45. The fourth-order valence-electron chi connectivity index (χ4n) is 2.18. The van der Waals surface area contributed by atoms with Crippen molar-refractivity contribution in [2.24, 2.45) is 5.10 Å². The highest BCUT2D eigenvalue weighted by molar-refractivity contribution is 5.94. The Morgan fingerprint density at radius 1 is 1.23 bits per heavy atom. The van der Waals surface area contributed by atoms with E-state index in [0.29, 0.717) is 16.8 Å². The van der Waals surface area contributed by atoms with E-state index in [1.165, 1.54) is 30.5 Å². The van der Waals surface area contributed by atoms with Crippen LogP contribution < -0.4 is 5.43 Å². The van der Waals surface area contributed by atoms with E-state index in [1.54, 1.807) is 30.3 Å². The van der Waals surface area contributed by atoms with Crippen LogP contribution in [0.25, 0.3) is 11.3 Å². The molecule has 0 spiro atoms. The van der Waals surface area contributed by atoms with Crippen molar-refractivity contribution in [3.8, 4) is 17.0 Å². The van der Waals surface area contributed by atoms with E-state index >= 15 is 0 Å². The number of nitrogens with zero attached hydrogens (tertiary/aromatic N) is 3. The molecule has 26 heavy (non-hydrogen) atoms. The molecule has 9 nitrogen and oxygen atoms in total. The molecule has 1 heterocycles. The molecule has 0 saturated heterocycles. The van der Waals surface area contributed by atoms with Gasteiger partial charge in [-0.1, -0.05) is 24.3 Å². The lowest BCUT2D eigenvalue weighted by molar-refractivity contribution is -0.384. The minimum absolute atomic E-state index is 0.0417. The van der Waals surface area contributed by atoms with Crippen LogP contribution in [-0.4, -0.2) is 32.3 Å². The van der Waals surface area contributed by atoms with Crippen molar-refractivity contribution in [3.05, 3.63) is 76.0 Å². The zero-order valence-electron chi connectivity index (χ0n) is 13.3. The predicted molar refractivity (Wildman–Crippen MR) is 93.8 cm³/mol. The summed E-state index contributed by atoms with van der Waals surface area (Å²) in [6.45, 7) is 0. The Kier molecular flexibility index (Phi) is 4.70. The standard InChI is InChI=1S/C17H13N5O4/c23-16-7-2-1-4-12(16)10-18-21-17(24)15-9-14(19-20-15)11-5-3-6-13(8-11)22(25)26/h1-10,23H,(H,19,20)(H,21,24)/b18-10+. The van der Waals surface area contributed by atoms with E-state index in [0.717, 1.165) is 0 Å². The third-order valence-corrected chi connectivity index (χ3v) is 3.48. The van der Waals surface area contributed by atoms with Gasteiger partial charge in [-0.2, -0.15) is 10.2 Å². The number of aromatic hydroxyl groups is 1. The first-order valence-electron chi connectivity index (χ1n) is 7.46. The fourth-order valence-corrected chi connectivity index (χ4v) is 2.18. The number of para-hydroxylation sites is 1. The van der Waals surface area contributed by atoms with Gasteiger partial charge in [-0.25, -0.2) is 5.43 Å². The number of carbonyl (C=O) groups excluding carboxylic acids is 1. The average Bonchev–Trinajstić information content (AvgIpc) is 3.13. The lowest BCUT2D eigenvalue weighted by Crippen LogP contribution is -2.18. The van der Waals surface area contributed by atoms with Gasteiger partial charge in [0.25, 0.3) is 11.6 Å². The molecular weight excluding hydrogens is 338 g/mol. The Hall–Kier alpha value is -4.01. The monoisotopic (exact) mass is 351 g/mol. The van der Waals surface area contributed by atoms with Crippen LogP contribution in [0.2, 0.25) is 0 Å². The summed E-state index contributed by atoms with van der Waals surface area (Å²) in [5, 5.41) is 30.8. The number of hydrogen-bond acceptors (Lipinski definition) is 6. The maximum Gasteiger partial charge on any atom is 0.289 e. The van der Waals surface area contributed by atoms with Crippen molar-refractivity contribution in [2.45, 2.75) is 0 Å². The molecule has 0 aliphatic rings. The summed E-state index contributed by atoms with van der Waals surface area (Å²) in [5.74, 6) is -0.499. The number of phenolic OH excluding ortho intramolecular Hbond substituents is 1. The van der Waals surface area contributed by atoms with Gasteiger partial charge in [0.1, 0.15) is 11.4 Å².